The smallest absolute Gasteiger partial charge is 0.416 e. The van der Waals surface area contributed by atoms with E-state index in [1.807, 2.05) is 0 Å². The SMILES string of the molecule is COC(=O)c1cccc(NC(=S)C2(F)CC2)c1OCc1ccc(C(F)(F)F)cc1. The van der Waals surface area contributed by atoms with Gasteiger partial charge in [-0.15, -0.1) is 0 Å². The highest BCUT2D eigenvalue weighted by Crippen LogP contribution is 2.42. The highest BCUT2D eigenvalue weighted by molar-refractivity contribution is 7.80. The second-order valence-electron chi connectivity index (χ2n) is 6.58. The van der Waals surface area contributed by atoms with Crippen LogP contribution < -0.4 is 10.1 Å². The Morgan fingerprint density at radius 1 is 1.17 bits per heavy atom. The van der Waals surface area contributed by atoms with Gasteiger partial charge in [-0.05, 0) is 42.7 Å². The van der Waals surface area contributed by atoms with Gasteiger partial charge in [0.15, 0.2) is 11.4 Å². The summed E-state index contributed by atoms with van der Waals surface area (Å²) in [5.74, 6) is -0.603. The number of para-hydroxylation sites is 1. The van der Waals surface area contributed by atoms with Crippen LogP contribution in [-0.4, -0.2) is 23.7 Å². The zero-order valence-electron chi connectivity index (χ0n) is 15.3. The molecule has 29 heavy (non-hydrogen) atoms. The summed E-state index contributed by atoms with van der Waals surface area (Å²) in [5.41, 5.74) is -1.54. The molecular formula is C20H17F4NO3S. The number of thiocarbonyl (C=S) groups is 1. The molecule has 0 saturated heterocycles. The van der Waals surface area contributed by atoms with Crippen LogP contribution >= 0.6 is 12.2 Å². The summed E-state index contributed by atoms with van der Waals surface area (Å²) in [6.45, 7) is -0.117. The molecule has 0 aromatic heterocycles. The highest BCUT2D eigenvalue weighted by atomic mass is 32.1. The van der Waals surface area contributed by atoms with Crippen LogP contribution in [0.1, 0.15) is 34.3 Å². The Morgan fingerprint density at radius 2 is 1.83 bits per heavy atom. The third-order valence-corrected chi connectivity index (χ3v) is 4.90. The Hall–Kier alpha value is -2.68. The van der Waals surface area contributed by atoms with E-state index in [0.29, 0.717) is 18.4 Å². The van der Waals surface area contributed by atoms with E-state index in [2.05, 4.69) is 5.32 Å². The predicted octanol–water partition coefficient (Wildman–Crippen LogP) is 5.31. The quantitative estimate of drug-likeness (QED) is 0.385. The highest BCUT2D eigenvalue weighted by Gasteiger charge is 2.48. The molecule has 1 aliphatic carbocycles. The van der Waals surface area contributed by atoms with Crippen LogP contribution in [-0.2, 0) is 17.5 Å². The van der Waals surface area contributed by atoms with Crippen LogP contribution in [0.4, 0.5) is 23.2 Å². The summed E-state index contributed by atoms with van der Waals surface area (Å²) >= 11 is 5.10. The van der Waals surface area contributed by atoms with E-state index in [4.69, 9.17) is 21.7 Å². The first-order valence-corrected chi connectivity index (χ1v) is 9.05. The van der Waals surface area contributed by atoms with Crippen molar-refractivity contribution in [1.29, 1.82) is 0 Å². The van der Waals surface area contributed by atoms with Gasteiger partial charge < -0.3 is 14.8 Å². The van der Waals surface area contributed by atoms with Crippen molar-refractivity contribution < 1.29 is 31.8 Å². The average Bonchev–Trinajstić information content (AvgIpc) is 3.44. The molecule has 2 aromatic rings. The summed E-state index contributed by atoms with van der Waals surface area (Å²) in [7, 11) is 1.20. The third kappa shape index (κ3) is 4.84. The Kier molecular flexibility index (Phi) is 5.79. The molecule has 0 bridgehead atoms. The molecule has 1 saturated carbocycles. The molecule has 1 fully saturated rings. The minimum atomic E-state index is -4.44. The van der Waals surface area contributed by atoms with Crippen LogP contribution in [0.3, 0.4) is 0 Å². The zero-order valence-corrected chi connectivity index (χ0v) is 16.1. The number of halogens is 4. The second-order valence-corrected chi connectivity index (χ2v) is 6.98. The summed E-state index contributed by atoms with van der Waals surface area (Å²) in [6, 6.07) is 9.03. The van der Waals surface area contributed by atoms with Crippen LogP contribution in [0.25, 0.3) is 0 Å². The van der Waals surface area contributed by atoms with E-state index in [0.717, 1.165) is 12.1 Å². The lowest BCUT2D eigenvalue weighted by Gasteiger charge is -2.18. The number of alkyl halides is 4. The van der Waals surface area contributed by atoms with Crippen molar-refractivity contribution >= 4 is 28.9 Å². The summed E-state index contributed by atoms with van der Waals surface area (Å²) < 4.78 is 62.7. The van der Waals surface area contributed by atoms with E-state index in [9.17, 15) is 22.4 Å². The average molecular weight is 427 g/mol. The minimum Gasteiger partial charge on any atom is -0.486 e. The molecule has 0 heterocycles. The molecule has 0 aliphatic heterocycles. The van der Waals surface area contributed by atoms with Crippen LogP contribution in [0.2, 0.25) is 0 Å². The molecular weight excluding hydrogens is 410 g/mol. The fourth-order valence-electron chi connectivity index (χ4n) is 2.58. The first-order chi connectivity index (χ1) is 13.6. The molecule has 3 rings (SSSR count). The number of benzene rings is 2. The minimum absolute atomic E-state index is 0.0149. The third-order valence-electron chi connectivity index (χ3n) is 4.43. The standard InChI is InChI=1S/C20H17F4NO3S/c1-27-17(26)14-3-2-4-15(25-18(29)19(21)9-10-19)16(14)28-11-12-5-7-13(8-6-12)20(22,23)24/h2-8H,9-11H2,1H3,(H,25,29). The van der Waals surface area contributed by atoms with E-state index in [-0.39, 0.29) is 28.6 Å². The Balaban J connectivity index is 1.83. The van der Waals surface area contributed by atoms with Crippen LogP contribution in [0.5, 0.6) is 5.75 Å². The van der Waals surface area contributed by atoms with E-state index in [1.54, 1.807) is 12.1 Å². The van der Waals surface area contributed by atoms with Crippen molar-refractivity contribution in [2.24, 2.45) is 0 Å². The number of hydrogen-bond donors (Lipinski definition) is 1. The molecule has 1 aliphatic rings. The fraction of sp³-hybridized carbons (Fsp3) is 0.300. The molecule has 0 amide bonds. The van der Waals surface area contributed by atoms with Crippen LogP contribution in [0.15, 0.2) is 42.5 Å². The van der Waals surface area contributed by atoms with Gasteiger partial charge in [-0.1, -0.05) is 30.4 Å². The molecule has 2 aromatic carbocycles. The van der Waals surface area contributed by atoms with Crippen molar-refractivity contribution in [1.82, 2.24) is 0 Å². The van der Waals surface area contributed by atoms with Gasteiger partial charge in [0.25, 0.3) is 0 Å². The second kappa shape index (κ2) is 7.98. The van der Waals surface area contributed by atoms with Gasteiger partial charge in [-0.25, -0.2) is 9.18 Å². The number of ether oxygens (including phenoxy) is 2. The first kappa shape index (κ1) is 21.0. The number of anilines is 1. The Bertz CT molecular complexity index is 924. The molecule has 0 unspecified atom stereocenters. The van der Waals surface area contributed by atoms with Gasteiger partial charge in [-0.3, -0.25) is 0 Å². The number of esters is 1. The normalized spacial score (nSPS) is 14.8. The summed E-state index contributed by atoms with van der Waals surface area (Å²) in [4.78, 5) is 12.1. The number of carbonyl (C=O) groups is 1. The maximum absolute atomic E-state index is 14.2. The lowest BCUT2D eigenvalue weighted by Crippen LogP contribution is -2.24. The fourth-order valence-corrected chi connectivity index (χ4v) is 2.89. The number of carbonyl (C=O) groups excluding carboxylic acids is 1. The number of methoxy groups -OCH3 is 1. The maximum Gasteiger partial charge on any atom is 0.416 e. The van der Waals surface area contributed by atoms with Crippen molar-refractivity contribution in [3.63, 3.8) is 0 Å². The van der Waals surface area contributed by atoms with Gasteiger partial charge in [0.2, 0.25) is 0 Å². The molecule has 0 atom stereocenters. The number of hydrogen-bond acceptors (Lipinski definition) is 4. The molecule has 0 radical (unpaired) electrons. The summed E-state index contributed by atoms with van der Waals surface area (Å²) in [5, 5.41) is 2.77. The number of nitrogens with one attached hydrogen (secondary N) is 1. The molecule has 9 heteroatoms. The van der Waals surface area contributed by atoms with Crippen LogP contribution in [0, 0.1) is 0 Å². The van der Waals surface area contributed by atoms with Crippen molar-refractivity contribution in [3.05, 3.63) is 59.2 Å². The monoisotopic (exact) mass is 427 g/mol. The Labute approximate surface area is 169 Å². The van der Waals surface area contributed by atoms with E-state index >= 15 is 0 Å². The lowest BCUT2D eigenvalue weighted by atomic mass is 10.1. The van der Waals surface area contributed by atoms with Gasteiger partial charge in [-0.2, -0.15) is 13.2 Å². The topological polar surface area (TPSA) is 47.6 Å². The van der Waals surface area contributed by atoms with Crippen molar-refractivity contribution in [2.75, 3.05) is 12.4 Å². The van der Waals surface area contributed by atoms with Crippen molar-refractivity contribution in [2.45, 2.75) is 31.3 Å². The molecule has 154 valence electrons. The van der Waals surface area contributed by atoms with E-state index in [1.165, 1.54) is 25.3 Å². The predicted molar refractivity (Wildman–Crippen MR) is 103 cm³/mol. The zero-order chi connectivity index (χ0) is 21.2. The molecule has 0 spiro atoms. The van der Waals surface area contributed by atoms with Gasteiger partial charge >= 0.3 is 12.1 Å². The molecule has 4 nitrogen and oxygen atoms in total. The van der Waals surface area contributed by atoms with Crippen molar-refractivity contribution in [3.8, 4) is 5.75 Å². The number of rotatable bonds is 6. The van der Waals surface area contributed by atoms with Gasteiger partial charge in [0.1, 0.15) is 17.2 Å². The van der Waals surface area contributed by atoms with Gasteiger partial charge in [0.05, 0.1) is 18.4 Å². The molecule has 1 N–H and O–H groups in total. The van der Waals surface area contributed by atoms with E-state index < -0.39 is 23.4 Å². The largest absolute Gasteiger partial charge is 0.486 e. The maximum atomic E-state index is 14.2. The lowest BCUT2D eigenvalue weighted by molar-refractivity contribution is -0.137. The van der Waals surface area contributed by atoms with Gasteiger partial charge in [0, 0.05) is 0 Å². The first-order valence-electron chi connectivity index (χ1n) is 8.65. The summed E-state index contributed by atoms with van der Waals surface area (Å²) in [6.07, 6.45) is -3.80. The Morgan fingerprint density at radius 3 is 2.38 bits per heavy atom.